The van der Waals surface area contributed by atoms with E-state index in [0.29, 0.717) is 17.4 Å². The van der Waals surface area contributed by atoms with Crippen LogP contribution in [0.1, 0.15) is 37.1 Å². The summed E-state index contributed by atoms with van der Waals surface area (Å²) in [6.45, 7) is 10.5. The Morgan fingerprint density at radius 2 is 1.91 bits per heavy atom. The number of benzene rings is 1. The van der Waals surface area contributed by atoms with Crippen LogP contribution in [-0.4, -0.2) is 56.2 Å². The van der Waals surface area contributed by atoms with Crippen LogP contribution in [0.15, 0.2) is 27.6 Å². The largest absolute Gasteiger partial charge is 0.493 e. The van der Waals surface area contributed by atoms with E-state index >= 15 is 0 Å². The van der Waals surface area contributed by atoms with Crippen LogP contribution in [0, 0.1) is 19.8 Å². The van der Waals surface area contributed by atoms with Gasteiger partial charge in [-0.1, -0.05) is 0 Å². The molecule has 9 heteroatoms. The SMILES string of the molecule is CCNC(=NCC1CCN(Cc2nc(C)c(C)o2)CC1)Nc1ccc(OC)c(OC)c1.I. The van der Waals surface area contributed by atoms with Crippen LogP contribution in [0.4, 0.5) is 5.69 Å². The number of piperidine rings is 1. The van der Waals surface area contributed by atoms with E-state index in [2.05, 4.69) is 27.4 Å². The Balaban J connectivity index is 0.00000363. The summed E-state index contributed by atoms with van der Waals surface area (Å²) >= 11 is 0. The second-order valence-electron chi connectivity index (χ2n) is 7.88. The van der Waals surface area contributed by atoms with Crippen molar-refractivity contribution in [2.75, 3.05) is 45.7 Å². The van der Waals surface area contributed by atoms with Gasteiger partial charge in [0.2, 0.25) is 5.89 Å². The normalized spacial score (nSPS) is 15.2. The zero-order valence-electron chi connectivity index (χ0n) is 19.7. The van der Waals surface area contributed by atoms with Crippen molar-refractivity contribution >= 4 is 35.6 Å². The van der Waals surface area contributed by atoms with Gasteiger partial charge in [-0.15, -0.1) is 24.0 Å². The van der Waals surface area contributed by atoms with Crippen molar-refractivity contribution in [1.29, 1.82) is 0 Å². The van der Waals surface area contributed by atoms with E-state index in [9.17, 15) is 0 Å². The maximum absolute atomic E-state index is 5.73. The maximum Gasteiger partial charge on any atom is 0.208 e. The van der Waals surface area contributed by atoms with Crippen LogP contribution in [0.3, 0.4) is 0 Å². The molecule has 1 aliphatic rings. The molecule has 3 rings (SSSR count). The van der Waals surface area contributed by atoms with E-state index in [-0.39, 0.29) is 24.0 Å². The van der Waals surface area contributed by atoms with Gasteiger partial charge >= 0.3 is 0 Å². The van der Waals surface area contributed by atoms with Gasteiger partial charge < -0.3 is 24.5 Å². The van der Waals surface area contributed by atoms with Gasteiger partial charge in [0, 0.05) is 24.8 Å². The predicted octanol–water partition coefficient (Wildman–Crippen LogP) is 4.22. The fourth-order valence-electron chi connectivity index (χ4n) is 3.70. The minimum atomic E-state index is 0. The first-order chi connectivity index (χ1) is 15.0. The first kappa shape index (κ1) is 26.2. The highest BCUT2D eigenvalue weighted by molar-refractivity contribution is 14.0. The number of aliphatic imine (C=N–C) groups is 1. The molecule has 2 N–H and O–H groups in total. The summed E-state index contributed by atoms with van der Waals surface area (Å²) in [4.78, 5) is 11.7. The third-order valence-corrected chi connectivity index (χ3v) is 5.64. The third kappa shape index (κ3) is 7.26. The Morgan fingerprint density at radius 3 is 2.50 bits per heavy atom. The number of anilines is 1. The summed E-state index contributed by atoms with van der Waals surface area (Å²) in [5.74, 6) is 4.48. The van der Waals surface area contributed by atoms with Crippen LogP contribution >= 0.6 is 24.0 Å². The van der Waals surface area contributed by atoms with E-state index < -0.39 is 0 Å². The van der Waals surface area contributed by atoms with Gasteiger partial charge in [0.1, 0.15) is 5.76 Å². The minimum Gasteiger partial charge on any atom is -0.493 e. The zero-order chi connectivity index (χ0) is 22.2. The number of aryl methyl sites for hydroxylation is 2. The topological polar surface area (TPSA) is 84.2 Å². The van der Waals surface area contributed by atoms with E-state index in [1.54, 1.807) is 14.2 Å². The van der Waals surface area contributed by atoms with Gasteiger partial charge in [-0.25, -0.2) is 4.98 Å². The number of nitrogens with zero attached hydrogens (tertiary/aromatic N) is 3. The quantitative estimate of drug-likeness (QED) is 0.286. The number of oxazole rings is 1. The average Bonchev–Trinajstić information content (AvgIpc) is 3.09. The van der Waals surface area contributed by atoms with Crippen LogP contribution in [0.2, 0.25) is 0 Å². The number of ether oxygens (including phenoxy) is 2. The fraction of sp³-hybridized carbons (Fsp3) is 0.565. The molecular formula is C23H36IN5O3. The van der Waals surface area contributed by atoms with Gasteiger partial charge in [0.15, 0.2) is 17.5 Å². The lowest BCUT2D eigenvalue weighted by Gasteiger charge is -2.30. The maximum atomic E-state index is 5.73. The number of rotatable bonds is 8. The molecule has 32 heavy (non-hydrogen) atoms. The number of guanidine groups is 1. The van der Waals surface area contributed by atoms with Crippen molar-refractivity contribution in [3.8, 4) is 11.5 Å². The number of halogens is 1. The van der Waals surface area contributed by atoms with Gasteiger partial charge in [0.05, 0.1) is 26.5 Å². The number of nitrogens with one attached hydrogen (secondary N) is 2. The van der Waals surface area contributed by atoms with Crippen LogP contribution in [-0.2, 0) is 6.54 Å². The number of hydrogen-bond acceptors (Lipinski definition) is 6. The minimum absolute atomic E-state index is 0. The molecule has 1 aromatic carbocycles. The second-order valence-corrected chi connectivity index (χ2v) is 7.88. The Bertz CT molecular complexity index is 859. The first-order valence-corrected chi connectivity index (χ1v) is 10.9. The smallest absolute Gasteiger partial charge is 0.208 e. The summed E-state index contributed by atoms with van der Waals surface area (Å²) < 4.78 is 16.4. The van der Waals surface area contributed by atoms with Crippen molar-refractivity contribution in [1.82, 2.24) is 15.2 Å². The lowest BCUT2D eigenvalue weighted by atomic mass is 9.97. The standard InChI is InChI=1S/C23H35N5O3.HI/c1-6-24-23(27-19-7-8-20(29-4)21(13-19)30-5)25-14-18-9-11-28(12-10-18)15-22-26-16(2)17(3)31-22;/h7-8,13,18H,6,9-12,14-15H2,1-5H3,(H2,24,25,27);1H. The predicted molar refractivity (Wildman–Crippen MR) is 139 cm³/mol. The Morgan fingerprint density at radius 1 is 1.19 bits per heavy atom. The molecule has 0 saturated carbocycles. The lowest BCUT2D eigenvalue weighted by molar-refractivity contribution is 0.166. The summed E-state index contributed by atoms with van der Waals surface area (Å²) in [6, 6.07) is 5.76. The summed E-state index contributed by atoms with van der Waals surface area (Å²) in [5, 5.41) is 6.69. The molecule has 0 amide bonds. The number of hydrogen-bond donors (Lipinski definition) is 2. The number of aromatic nitrogens is 1. The molecule has 1 aromatic heterocycles. The van der Waals surface area contributed by atoms with Gasteiger partial charge in [-0.05, 0) is 64.8 Å². The van der Waals surface area contributed by atoms with Crippen LogP contribution in [0.5, 0.6) is 11.5 Å². The van der Waals surface area contributed by atoms with Crippen LogP contribution < -0.4 is 20.1 Å². The third-order valence-electron chi connectivity index (χ3n) is 5.64. The highest BCUT2D eigenvalue weighted by atomic mass is 127. The molecule has 1 aliphatic heterocycles. The molecule has 8 nitrogen and oxygen atoms in total. The molecule has 1 fully saturated rings. The summed E-state index contributed by atoms with van der Waals surface area (Å²) in [7, 11) is 3.27. The molecular weight excluding hydrogens is 521 g/mol. The highest BCUT2D eigenvalue weighted by Gasteiger charge is 2.21. The highest BCUT2D eigenvalue weighted by Crippen LogP contribution is 2.29. The van der Waals surface area contributed by atoms with Gasteiger partial charge in [-0.2, -0.15) is 0 Å². The van der Waals surface area contributed by atoms with Crippen molar-refractivity contribution in [2.45, 2.75) is 40.2 Å². The Labute approximate surface area is 208 Å². The lowest BCUT2D eigenvalue weighted by Crippen LogP contribution is -2.35. The molecule has 1 saturated heterocycles. The van der Waals surface area contributed by atoms with Crippen molar-refractivity contribution in [3.05, 3.63) is 35.5 Å². The zero-order valence-corrected chi connectivity index (χ0v) is 22.1. The molecule has 0 bridgehead atoms. The molecule has 0 atom stereocenters. The molecule has 0 radical (unpaired) electrons. The van der Waals surface area contributed by atoms with Crippen molar-refractivity contribution < 1.29 is 13.9 Å². The molecule has 0 unspecified atom stereocenters. The molecule has 2 aromatic rings. The van der Waals surface area contributed by atoms with Crippen molar-refractivity contribution in [3.63, 3.8) is 0 Å². The Kier molecular flexibility index (Phi) is 10.6. The molecule has 0 spiro atoms. The van der Waals surface area contributed by atoms with Gasteiger partial charge in [0.25, 0.3) is 0 Å². The molecule has 2 heterocycles. The van der Waals surface area contributed by atoms with Crippen molar-refractivity contribution in [2.24, 2.45) is 10.9 Å². The van der Waals surface area contributed by atoms with E-state index in [1.165, 1.54) is 0 Å². The second kappa shape index (κ2) is 12.9. The summed E-state index contributed by atoms with van der Waals surface area (Å²) in [6.07, 6.45) is 2.25. The monoisotopic (exact) mass is 557 g/mol. The Hall–Kier alpha value is -2.01. The van der Waals surface area contributed by atoms with E-state index in [4.69, 9.17) is 18.9 Å². The molecule has 178 valence electrons. The van der Waals surface area contributed by atoms with Gasteiger partial charge in [-0.3, -0.25) is 9.89 Å². The number of likely N-dealkylation sites (tertiary alicyclic amines) is 1. The van der Waals surface area contributed by atoms with E-state index in [1.807, 2.05) is 32.0 Å². The molecule has 0 aliphatic carbocycles. The fourth-order valence-corrected chi connectivity index (χ4v) is 3.70. The van der Waals surface area contributed by atoms with E-state index in [0.717, 1.165) is 74.6 Å². The van der Waals surface area contributed by atoms with Crippen LogP contribution in [0.25, 0.3) is 0 Å². The summed E-state index contributed by atoms with van der Waals surface area (Å²) in [5.41, 5.74) is 1.89. The first-order valence-electron chi connectivity index (χ1n) is 10.9. The average molecular weight is 557 g/mol. The number of methoxy groups -OCH3 is 2.